The first kappa shape index (κ1) is 16.0. The van der Waals surface area contributed by atoms with Gasteiger partial charge in [-0.3, -0.25) is 4.46 Å². The molecule has 0 unspecified atom stereocenters. The molecule has 0 radical (unpaired) electrons. The Morgan fingerprint density at radius 1 is 1.12 bits per heavy atom. The van der Waals surface area contributed by atoms with E-state index in [-0.39, 0.29) is 0 Å². The molecule has 0 saturated heterocycles. The summed E-state index contributed by atoms with van der Waals surface area (Å²) in [7, 11) is -3.13. The van der Waals surface area contributed by atoms with Crippen molar-refractivity contribution in [3.05, 3.63) is 0 Å². The Labute approximate surface area is 47.9 Å². The highest BCUT2D eigenvalue weighted by Gasteiger charge is 1.85. The van der Waals surface area contributed by atoms with E-state index in [9.17, 15) is 0 Å². The number of hydrogen-bond donors (Lipinski definition) is 2. The van der Waals surface area contributed by atoms with Crippen molar-refractivity contribution in [2.75, 3.05) is 0 Å². The molecule has 0 rings (SSSR count). The van der Waals surface area contributed by atoms with Crippen molar-refractivity contribution in [2.24, 2.45) is 0 Å². The molecule has 0 spiro atoms. The first-order valence-corrected chi connectivity index (χ1v) is 2.47. The van der Waals surface area contributed by atoms with Gasteiger partial charge in [-0.1, -0.05) is 0 Å². The topological polar surface area (TPSA) is 105 Å². The standard InChI is InChI=1S/2CHN.H2O3Si/c2*1-2;1-4(2)3/h2*1H;1-2H. The molecule has 0 aliphatic carbocycles. The Bertz CT molecular complexity index is 77.8. The average Bonchev–Trinajstić information content (AvgIpc) is 1.75. The summed E-state index contributed by atoms with van der Waals surface area (Å²) in [5.41, 5.74) is 0. The Morgan fingerprint density at radius 2 is 1.12 bits per heavy atom. The van der Waals surface area contributed by atoms with Gasteiger partial charge in [0, 0.05) is 13.1 Å². The minimum atomic E-state index is -3.13. The Morgan fingerprint density at radius 3 is 1.12 bits per heavy atom. The van der Waals surface area contributed by atoms with Gasteiger partial charge in [-0.25, -0.2) is 10.5 Å². The monoisotopic (exact) mass is 132 g/mol. The van der Waals surface area contributed by atoms with Crippen LogP contribution in [0.4, 0.5) is 0 Å². The molecule has 0 amide bonds. The van der Waals surface area contributed by atoms with Crippen molar-refractivity contribution in [1.29, 1.82) is 10.5 Å². The summed E-state index contributed by atoms with van der Waals surface area (Å²) in [6, 6.07) is 0. The first-order valence-electron chi connectivity index (χ1n) is 1.17. The van der Waals surface area contributed by atoms with Crippen molar-refractivity contribution < 1.29 is 14.1 Å². The highest BCUT2D eigenvalue weighted by Crippen LogP contribution is 1.27. The van der Waals surface area contributed by atoms with Crippen molar-refractivity contribution >= 4 is 9.17 Å². The summed E-state index contributed by atoms with van der Waals surface area (Å²) in [5, 5.41) is 13.0. The second-order valence-electron chi connectivity index (χ2n) is 0.283. The Balaban J connectivity index is -0.0000000542. The maximum absolute atomic E-state index is 8.74. The molecule has 0 bridgehead atoms. The van der Waals surface area contributed by atoms with Gasteiger partial charge in [0.25, 0.3) is 0 Å². The van der Waals surface area contributed by atoms with E-state index in [0.29, 0.717) is 0 Å². The van der Waals surface area contributed by atoms with Crippen LogP contribution < -0.4 is 0 Å². The summed E-state index contributed by atoms with van der Waals surface area (Å²) in [4.78, 5) is 14.3. The van der Waals surface area contributed by atoms with Crippen LogP contribution in [0.2, 0.25) is 0 Å². The van der Waals surface area contributed by atoms with Crippen LogP contribution in [0, 0.1) is 23.7 Å². The molecule has 0 aliphatic heterocycles. The molecule has 0 saturated carbocycles. The van der Waals surface area contributed by atoms with Gasteiger partial charge < -0.3 is 9.59 Å². The lowest BCUT2D eigenvalue weighted by molar-refractivity contribution is 0.330. The molecule has 2 N–H and O–H groups in total. The van der Waals surface area contributed by atoms with E-state index >= 15 is 0 Å². The fraction of sp³-hybridized carbons (Fsp3) is 0. The lowest BCUT2D eigenvalue weighted by Gasteiger charge is -1.55. The van der Waals surface area contributed by atoms with Gasteiger partial charge in [-0.15, -0.1) is 0 Å². The van der Waals surface area contributed by atoms with Crippen LogP contribution in [0.5, 0.6) is 0 Å². The van der Waals surface area contributed by atoms with Crippen molar-refractivity contribution in [2.45, 2.75) is 0 Å². The van der Waals surface area contributed by atoms with E-state index < -0.39 is 9.17 Å². The molecule has 0 atom stereocenters. The normalized spacial score (nSPS) is 3.50. The predicted molar refractivity (Wildman–Crippen MR) is 24.2 cm³/mol. The molecule has 0 aromatic carbocycles. The molecular formula is C2H4N2O3Si. The maximum atomic E-state index is 8.74. The fourth-order valence-electron chi connectivity index (χ4n) is 0. The zero-order valence-electron chi connectivity index (χ0n) is 3.85. The van der Waals surface area contributed by atoms with E-state index in [1.54, 1.807) is 0 Å². The summed E-state index contributed by atoms with van der Waals surface area (Å²) in [6.07, 6.45) is 0. The quantitative estimate of drug-likeness (QED) is 0.397. The van der Waals surface area contributed by atoms with Crippen molar-refractivity contribution in [3.8, 4) is 13.1 Å². The Hall–Kier alpha value is -1.40. The van der Waals surface area contributed by atoms with Crippen LogP contribution in [-0.2, 0) is 4.46 Å². The van der Waals surface area contributed by atoms with Crippen molar-refractivity contribution in [1.82, 2.24) is 0 Å². The molecule has 44 valence electrons. The van der Waals surface area contributed by atoms with Crippen molar-refractivity contribution in [3.63, 3.8) is 0 Å². The first-order chi connectivity index (χ1) is 3.73. The number of nitriles is 2. The molecule has 5 nitrogen and oxygen atoms in total. The maximum Gasteiger partial charge on any atom is 0.761 e. The van der Waals surface area contributed by atoms with E-state index in [1.807, 2.05) is 0 Å². The molecular weight excluding hydrogens is 128 g/mol. The van der Waals surface area contributed by atoms with Crippen LogP contribution >= 0.6 is 0 Å². The lowest BCUT2D eigenvalue weighted by atomic mass is 11.9. The molecule has 0 aromatic rings. The molecule has 0 fully saturated rings. The smallest absolute Gasteiger partial charge is 0.511 e. The fourth-order valence-corrected chi connectivity index (χ4v) is 0. The van der Waals surface area contributed by atoms with Crippen LogP contribution in [0.25, 0.3) is 0 Å². The van der Waals surface area contributed by atoms with E-state index in [1.165, 1.54) is 0 Å². The van der Waals surface area contributed by atoms with Crippen LogP contribution in [-0.4, -0.2) is 18.8 Å². The number of nitrogens with zero attached hydrogens (tertiary/aromatic N) is 2. The van der Waals surface area contributed by atoms with Crippen LogP contribution in [0.15, 0.2) is 0 Å². The largest absolute Gasteiger partial charge is 0.761 e. The summed E-state index contributed by atoms with van der Waals surface area (Å²) in [5.74, 6) is 0. The third-order valence-electron chi connectivity index (χ3n) is 0. The lowest BCUT2D eigenvalue weighted by Crippen LogP contribution is -1.90. The second kappa shape index (κ2) is 46.4. The highest BCUT2D eigenvalue weighted by atomic mass is 28.3. The van der Waals surface area contributed by atoms with Gasteiger partial charge >= 0.3 is 9.17 Å². The van der Waals surface area contributed by atoms with E-state index in [0.717, 1.165) is 0 Å². The highest BCUT2D eigenvalue weighted by molar-refractivity contribution is 6.22. The zero-order valence-corrected chi connectivity index (χ0v) is 4.85. The third kappa shape index (κ3) is 30.2. The van der Waals surface area contributed by atoms with E-state index in [4.69, 9.17) is 24.6 Å². The summed E-state index contributed by atoms with van der Waals surface area (Å²) in [6.45, 7) is 7.00. The van der Waals surface area contributed by atoms with Gasteiger partial charge in [-0.05, 0) is 0 Å². The van der Waals surface area contributed by atoms with Gasteiger partial charge in [-0.2, -0.15) is 0 Å². The molecule has 8 heavy (non-hydrogen) atoms. The minimum Gasteiger partial charge on any atom is -0.511 e. The van der Waals surface area contributed by atoms with Gasteiger partial charge in [0.05, 0.1) is 0 Å². The number of hydrogen-bond acceptors (Lipinski definition) is 3. The van der Waals surface area contributed by atoms with Gasteiger partial charge in [0.15, 0.2) is 0 Å². The minimum absolute atomic E-state index is 3.13. The van der Waals surface area contributed by atoms with Gasteiger partial charge in [0.2, 0.25) is 0 Å². The third-order valence-corrected chi connectivity index (χ3v) is 0. The molecule has 0 heterocycles. The van der Waals surface area contributed by atoms with Crippen LogP contribution in [0.1, 0.15) is 0 Å². The Kier molecular flexibility index (Phi) is 92.6. The SMILES string of the molecule is C#N.C#N.O=[Si](O)O. The van der Waals surface area contributed by atoms with E-state index in [2.05, 4.69) is 13.1 Å². The molecule has 6 heteroatoms. The summed E-state index contributed by atoms with van der Waals surface area (Å²) >= 11 is 0. The second-order valence-corrected chi connectivity index (χ2v) is 0.848. The average molecular weight is 132 g/mol. The summed E-state index contributed by atoms with van der Waals surface area (Å²) < 4.78 is 8.74. The van der Waals surface area contributed by atoms with Crippen LogP contribution in [0.3, 0.4) is 0 Å². The zero-order chi connectivity index (χ0) is 7.58. The predicted octanol–water partition coefficient (Wildman–Crippen LogP) is -1.33. The number of rotatable bonds is 0. The molecule has 0 aromatic heterocycles. The van der Waals surface area contributed by atoms with Gasteiger partial charge in [0.1, 0.15) is 0 Å². The molecule has 0 aliphatic rings.